The zero-order valence-electron chi connectivity index (χ0n) is 13.5. The van der Waals surface area contributed by atoms with E-state index >= 15 is 0 Å². The van der Waals surface area contributed by atoms with Crippen LogP contribution in [0.2, 0.25) is 0 Å². The van der Waals surface area contributed by atoms with Gasteiger partial charge in [0.1, 0.15) is 5.82 Å². The first-order valence-electron chi connectivity index (χ1n) is 8.09. The second-order valence-electron chi connectivity index (χ2n) is 5.90. The number of anilines is 2. The Labute approximate surface area is 140 Å². The van der Waals surface area contributed by atoms with Crippen molar-refractivity contribution in [2.75, 3.05) is 29.6 Å². The highest BCUT2D eigenvalue weighted by molar-refractivity contribution is 7.84. The van der Waals surface area contributed by atoms with Gasteiger partial charge in [-0.2, -0.15) is 0 Å². The fourth-order valence-electron chi connectivity index (χ4n) is 2.82. The largest absolute Gasteiger partial charge is 0.370 e. The van der Waals surface area contributed by atoms with Gasteiger partial charge in [0, 0.05) is 41.6 Å². The lowest BCUT2D eigenvalue weighted by molar-refractivity contribution is 0.577. The molecule has 1 aliphatic rings. The van der Waals surface area contributed by atoms with Crippen LogP contribution in [0.3, 0.4) is 0 Å². The summed E-state index contributed by atoms with van der Waals surface area (Å²) in [6.45, 7) is 2.99. The molecule has 0 saturated carbocycles. The van der Waals surface area contributed by atoms with E-state index in [1.54, 1.807) is 6.26 Å². The molecule has 0 spiro atoms. The van der Waals surface area contributed by atoms with Crippen LogP contribution in [0.5, 0.6) is 0 Å². The van der Waals surface area contributed by atoms with Crippen molar-refractivity contribution in [3.05, 3.63) is 48.2 Å². The maximum atomic E-state index is 11.4. The molecular formula is C18H23N3OS. The minimum absolute atomic E-state index is 0.715. The van der Waals surface area contributed by atoms with Gasteiger partial charge in [-0.05, 0) is 49.1 Å². The summed E-state index contributed by atoms with van der Waals surface area (Å²) in [5.41, 5.74) is 2.37. The SMILES string of the molecule is C[S@](=O)c1ccc(CNc2ccc(N3CCCCC3)cn2)cc1. The van der Waals surface area contributed by atoms with Crippen LogP contribution < -0.4 is 10.2 Å². The van der Waals surface area contributed by atoms with Gasteiger partial charge in [-0.25, -0.2) is 4.98 Å². The minimum atomic E-state index is -0.920. The van der Waals surface area contributed by atoms with Gasteiger partial charge in [-0.1, -0.05) is 12.1 Å². The Hall–Kier alpha value is -1.88. The Bertz CT molecular complexity index is 649. The molecule has 4 nitrogen and oxygen atoms in total. The van der Waals surface area contributed by atoms with E-state index in [1.807, 2.05) is 36.5 Å². The summed E-state index contributed by atoms with van der Waals surface area (Å²) in [7, 11) is -0.920. The first-order chi connectivity index (χ1) is 11.2. The molecule has 0 unspecified atom stereocenters. The van der Waals surface area contributed by atoms with Gasteiger partial charge >= 0.3 is 0 Å². The van der Waals surface area contributed by atoms with Gasteiger partial charge in [0.2, 0.25) is 0 Å². The molecule has 0 radical (unpaired) electrons. The molecule has 1 fully saturated rings. The molecular weight excluding hydrogens is 306 g/mol. The average Bonchev–Trinajstić information content (AvgIpc) is 2.61. The maximum absolute atomic E-state index is 11.4. The number of rotatable bonds is 5. The van der Waals surface area contributed by atoms with E-state index in [0.29, 0.717) is 6.54 Å². The number of hydrogen-bond donors (Lipinski definition) is 1. The predicted molar refractivity (Wildman–Crippen MR) is 96.4 cm³/mol. The fraction of sp³-hybridized carbons (Fsp3) is 0.389. The number of benzene rings is 1. The second kappa shape index (κ2) is 7.59. The average molecular weight is 329 g/mol. The van der Waals surface area contributed by atoms with Crippen molar-refractivity contribution in [2.45, 2.75) is 30.7 Å². The number of pyridine rings is 1. The van der Waals surface area contributed by atoms with Crippen molar-refractivity contribution < 1.29 is 4.21 Å². The van der Waals surface area contributed by atoms with Crippen molar-refractivity contribution in [3.8, 4) is 0 Å². The van der Waals surface area contributed by atoms with E-state index in [1.165, 1.54) is 24.9 Å². The Balaban J connectivity index is 1.56. The van der Waals surface area contributed by atoms with Crippen LogP contribution in [0.15, 0.2) is 47.5 Å². The number of piperidine rings is 1. The van der Waals surface area contributed by atoms with Crippen molar-refractivity contribution in [1.82, 2.24) is 4.98 Å². The van der Waals surface area contributed by atoms with Crippen LogP contribution in [0.1, 0.15) is 24.8 Å². The van der Waals surface area contributed by atoms with Crippen LogP contribution in [-0.4, -0.2) is 28.5 Å². The molecule has 1 saturated heterocycles. The zero-order valence-corrected chi connectivity index (χ0v) is 14.3. The van der Waals surface area contributed by atoms with E-state index in [0.717, 1.165) is 29.4 Å². The molecule has 3 rings (SSSR count). The highest BCUT2D eigenvalue weighted by atomic mass is 32.2. The predicted octanol–water partition coefficient (Wildman–Crippen LogP) is 3.42. The Kier molecular flexibility index (Phi) is 5.28. The van der Waals surface area contributed by atoms with E-state index in [2.05, 4.69) is 21.3 Å². The number of nitrogens with one attached hydrogen (secondary N) is 1. The molecule has 0 amide bonds. The summed E-state index contributed by atoms with van der Waals surface area (Å²) in [5.74, 6) is 0.883. The number of aromatic nitrogens is 1. The molecule has 1 atom stereocenters. The molecule has 2 aromatic rings. The lowest BCUT2D eigenvalue weighted by Crippen LogP contribution is -2.29. The summed E-state index contributed by atoms with van der Waals surface area (Å²) >= 11 is 0. The standard InChI is InChI=1S/C18H23N3OS/c1-23(22)17-8-5-15(6-9-17)13-19-18-10-7-16(14-20-18)21-11-3-2-4-12-21/h5-10,14H,2-4,11-13H2,1H3,(H,19,20)/t23-/m0/s1. The van der Waals surface area contributed by atoms with Crippen LogP contribution in [0.4, 0.5) is 11.5 Å². The van der Waals surface area contributed by atoms with Crippen molar-refractivity contribution in [3.63, 3.8) is 0 Å². The highest BCUT2D eigenvalue weighted by Crippen LogP contribution is 2.20. The Morgan fingerprint density at radius 3 is 2.43 bits per heavy atom. The molecule has 1 aliphatic heterocycles. The number of nitrogens with zero attached hydrogens (tertiary/aromatic N) is 2. The van der Waals surface area contributed by atoms with Crippen molar-refractivity contribution in [2.24, 2.45) is 0 Å². The molecule has 0 aliphatic carbocycles. The van der Waals surface area contributed by atoms with Gasteiger partial charge in [-0.3, -0.25) is 4.21 Å². The van der Waals surface area contributed by atoms with Crippen molar-refractivity contribution >= 4 is 22.3 Å². The van der Waals surface area contributed by atoms with E-state index in [-0.39, 0.29) is 0 Å². The summed E-state index contributed by atoms with van der Waals surface area (Å²) in [6.07, 6.45) is 7.54. The normalized spacial score (nSPS) is 16.1. The second-order valence-corrected chi connectivity index (χ2v) is 7.28. The third-order valence-corrected chi connectivity index (χ3v) is 5.13. The third-order valence-electron chi connectivity index (χ3n) is 4.20. The fourth-order valence-corrected chi connectivity index (χ4v) is 3.34. The summed E-state index contributed by atoms with van der Waals surface area (Å²) in [4.78, 5) is 7.78. The molecule has 2 heterocycles. The lowest BCUT2D eigenvalue weighted by atomic mass is 10.1. The van der Waals surface area contributed by atoms with Gasteiger partial charge < -0.3 is 10.2 Å². The van der Waals surface area contributed by atoms with E-state index < -0.39 is 10.8 Å². The molecule has 0 bridgehead atoms. The van der Waals surface area contributed by atoms with Crippen LogP contribution in [0, 0.1) is 0 Å². The first kappa shape index (κ1) is 16.0. The van der Waals surface area contributed by atoms with Gasteiger partial charge in [-0.15, -0.1) is 0 Å². The molecule has 5 heteroatoms. The Morgan fingerprint density at radius 1 is 1.09 bits per heavy atom. The third kappa shape index (κ3) is 4.32. The van der Waals surface area contributed by atoms with Gasteiger partial charge in [0.25, 0.3) is 0 Å². The summed E-state index contributed by atoms with van der Waals surface area (Å²) in [5, 5.41) is 3.33. The topological polar surface area (TPSA) is 45.2 Å². The Morgan fingerprint density at radius 2 is 1.83 bits per heavy atom. The highest BCUT2D eigenvalue weighted by Gasteiger charge is 2.10. The molecule has 122 valence electrons. The first-order valence-corrected chi connectivity index (χ1v) is 9.65. The monoisotopic (exact) mass is 329 g/mol. The van der Waals surface area contributed by atoms with E-state index in [4.69, 9.17) is 0 Å². The lowest BCUT2D eigenvalue weighted by Gasteiger charge is -2.28. The molecule has 1 aromatic carbocycles. The summed E-state index contributed by atoms with van der Waals surface area (Å²) < 4.78 is 11.4. The van der Waals surface area contributed by atoms with E-state index in [9.17, 15) is 4.21 Å². The van der Waals surface area contributed by atoms with Gasteiger partial charge in [0.05, 0.1) is 11.9 Å². The van der Waals surface area contributed by atoms with Crippen molar-refractivity contribution in [1.29, 1.82) is 0 Å². The van der Waals surface area contributed by atoms with Crippen LogP contribution in [0.25, 0.3) is 0 Å². The number of hydrogen-bond acceptors (Lipinski definition) is 4. The minimum Gasteiger partial charge on any atom is -0.370 e. The zero-order chi connectivity index (χ0) is 16.1. The smallest absolute Gasteiger partial charge is 0.126 e. The van der Waals surface area contributed by atoms with Crippen LogP contribution >= 0.6 is 0 Å². The van der Waals surface area contributed by atoms with Gasteiger partial charge in [0.15, 0.2) is 0 Å². The molecule has 23 heavy (non-hydrogen) atoms. The molecule has 1 aromatic heterocycles. The van der Waals surface area contributed by atoms with Crippen LogP contribution in [-0.2, 0) is 17.3 Å². The summed E-state index contributed by atoms with van der Waals surface area (Å²) in [6, 6.07) is 12.0. The molecule has 1 N–H and O–H groups in total. The quantitative estimate of drug-likeness (QED) is 0.913. The maximum Gasteiger partial charge on any atom is 0.126 e.